The van der Waals surface area contributed by atoms with E-state index >= 15 is 0 Å². The minimum atomic E-state index is -0.853. The first-order chi connectivity index (χ1) is 14.5. The van der Waals surface area contributed by atoms with E-state index in [1.54, 1.807) is 28.9 Å². The number of ether oxygens (including phenoxy) is 1. The predicted molar refractivity (Wildman–Crippen MR) is 110 cm³/mol. The normalized spacial score (nSPS) is 20.0. The molecule has 0 radical (unpaired) electrons. The molecule has 2 aliphatic heterocycles. The molecule has 0 bridgehead atoms. The number of carbonyl (C=O) groups excluding carboxylic acids is 3. The highest BCUT2D eigenvalue weighted by Gasteiger charge is 2.36. The van der Waals surface area contributed by atoms with Crippen molar-refractivity contribution in [2.24, 2.45) is 5.92 Å². The zero-order valence-corrected chi connectivity index (χ0v) is 17.2. The molecule has 0 aliphatic carbocycles. The predicted octanol–water partition coefficient (Wildman–Crippen LogP) is 3.04. The standard InChI is InChI=1S/C23H26N2O5/c1-15-14-18-6-3-4-7-19(18)25(15)21(26)16(2)30-23(28)17-9-11-24(12-10-17)22(27)20-8-5-13-29-20/h3-8,13,15-17H,9-12,14H2,1-2H3. The average molecular weight is 410 g/mol. The number of esters is 1. The van der Waals surface area contributed by atoms with Gasteiger partial charge in [-0.3, -0.25) is 14.4 Å². The summed E-state index contributed by atoms with van der Waals surface area (Å²) < 4.78 is 10.7. The number of hydrogen-bond acceptors (Lipinski definition) is 5. The minimum absolute atomic E-state index is 0.0342. The maximum absolute atomic E-state index is 13.0. The topological polar surface area (TPSA) is 80.1 Å². The number of amides is 2. The molecule has 0 saturated carbocycles. The zero-order valence-electron chi connectivity index (χ0n) is 17.2. The van der Waals surface area contributed by atoms with E-state index in [9.17, 15) is 14.4 Å². The molecule has 7 nitrogen and oxygen atoms in total. The number of piperidine rings is 1. The third-order valence-electron chi connectivity index (χ3n) is 5.93. The first-order valence-corrected chi connectivity index (χ1v) is 10.4. The Labute approximate surface area is 175 Å². The number of carbonyl (C=O) groups is 3. The maximum Gasteiger partial charge on any atom is 0.309 e. The van der Waals surface area contributed by atoms with Gasteiger partial charge in [-0.25, -0.2) is 0 Å². The summed E-state index contributed by atoms with van der Waals surface area (Å²) in [6.45, 7) is 4.54. The second kappa shape index (κ2) is 8.34. The fourth-order valence-electron chi connectivity index (χ4n) is 4.29. The van der Waals surface area contributed by atoms with Gasteiger partial charge in [0.1, 0.15) is 0 Å². The molecule has 30 heavy (non-hydrogen) atoms. The molecule has 2 amide bonds. The maximum atomic E-state index is 13.0. The fourth-order valence-corrected chi connectivity index (χ4v) is 4.29. The molecule has 2 unspecified atom stereocenters. The van der Waals surface area contributed by atoms with Crippen LogP contribution in [0.3, 0.4) is 0 Å². The Morgan fingerprint density at radius 2 is 1.83 bits per heavy atom. The van der Waals surface area contributed by atoms with Gasteiger partial charge in [-0.15, -0.1) is 0 Å². The molecular weight excluding hydrogens is 384 g/mol. The second-order valence-corrected chi connectivity index (χ2v) is 8.01. The number of furan rings is 1. The number of nitrogens with zero attached hydrogens (tertiary/aromatic N) is 2. The van der Waals surface area contributed by atoms with Gasteiger partial charge in [-0.2, -0.15) is 0 Å². The quantitative estimate of drug-likeness (QED) is 0.724. The van der Waals surface area contributed by atoms with Crippen LogP contribution in [0.2, 0.25) is 0 Å². The fraction of sp³-hybridized carbons (Fsp3) is 0.435. The van der Waals surface area contributed by atoms with Gasteiger partial charge in [0.2, 0.25) is 0 Å². The van der Waals surface area contributed by atoms with Crippen LogP contribution in [0.1, 0.15) is 42.8 Å². The molecule has 158 valence electrons. The number of likely N-dealkylation sites (tertiary alicyclic amines) is 1. The number of rotatable bonds is 4. The molecular formula is C23H26N2O5. The Bertz CT molecular complexity index is 931. The van der Waals surface area contributed by atoms with Gasteiger partial charge in [0.05, 0.1) is 12.2 Å². The lowest BCUT2D eigenvalue weighted by Crippen LogP contribution is -2.45. The molecule has 1 fully saturated rings. The second-order valence-electron chi connectivity index (χ2n) is 8.01. The lowest BCUT2D eigenvalue weighted by molar-refractivity contribution is -0.159. The van der Waals surface area contributed by atoms with Crippen LogP contribution in [0.5, 0.6) is 0 Å². The van der Waals surface area contributed by atoms with Crippen LogP contribution in [-0.2, 0) is 20.7 Å². The van der Waals surface area contributed by atoms with E-state index < -0.39 is 6.10 Å². The van der Waals surface area contributed by atoms with Crippen molar-refractivity contribution < 1.29 is 23.5 Å². The highest BCUT2D eigenvalue weighted by atomic mass is 16.5. The van der Waals surface area contributed by atoms with E-state index in [0.717, 1.165) is 17.7 Å². The number of hydrogen-bond donors (Lipinski definition) is 0. The van der Waals surface area contributed by atoms with Gasteiger partial charge >= 0.3 is 5.97 Å². The summed E-state index contributed by atoms with van der Waals surface area (Å²) in [6, 6.07) is 11.2. The largest absolute Gasteiger partial charge is 0.459 e. The van der Waals surface area contributed by atoms with E-state index in [-0.39, 0.29) is 29.7 Å². The average Bonchev–Trinajstić information content (AvgIpc) is 3.40. The van der Waals surface area contributed by atoms with Crippen LogP contribution in [-0.4, -0.2) is 47.9 Å². The number of anilines is 1. The van der Waals surface area contributed by atoms with Crippen LogP contribution in [0.15, 0.2) is 47.1 Å². The molecule has 0 N–H and O–H groups in total. The summed E-state index contributed by atoms with van der Waals surface area (Å²) in [5.74, 6) is -0.760. The van der Waals surface area contributed by atoms with Gasteiger partial charge in [0, 0.05) is 24.8 Å². The van der Waals surface area contributed by atoms with Crippen LogP contribution < -0.4 is 4.90 Å². The van der Waals surface area contributed by atoms with Crippen molar-refractivity contribution in [2.45, 2.75) is 45.3 Å². The zero-order chi connectivity index (χ0) is 21.3. The monoisotopic (exact) mass is 410 g/mol. The molecule has 0 spiro atoms. The molecule has 1 saturated heterocycles. The van der Waals surface area contributed by atoms with E-state index in [4.69, 9.17) is 9.15 Å². The van der Waals surface area contributed by atoms with E-state index in [1.807, 2.05) is 31.2 Å². The highest BCUT2D eigenvalue weighted by molar-refractivity contribution is 5.99. The van der Waals surface area contributed by atoms with Gasteiger partial charge < -0.3 is 19.0 Å². The number of para-hydroxylation sites is 1. The van der Waals surface area contributed by atoms with Gasteiger partial charge in [0.15, 0.2) is 11.9 Å². The lowest BCUT2D eigenvalue weighted by atomic mass is 9.97. The van der Waals surface area contributed by atoms with Crippen molar-refractivity contribution >= 4 is 23.5 Å². The first-order valence-electron chi connectivity index (χ1n) is 10.4. The van der Waals surface area contributed by atoms with Crippen molar-refractivity contribution in [2.75, 3.05) is 18.0 Å². The first kappa shape index (κ1) is 20.2. The van der Waals surface area contributed by atoms with Gasteiger partial charge in [-0.1, -0.05) is 18.2 Å². The van der Waals surface area contributed by atoms with Crippen molar-refractivity contribution in [1.82, 2.24) is 4.90 Å². The smallest absolute Gasteiger partial charge is 0.309 e. The van der Waals surface area contributed by atoms with Gasteiger partial charge in [0.25, 0.3) is 11.8 Å². The molecule has 7 heteroatoms. The third kappa shape index (κ3) is 3.84. The Balaban J connectivity index is 1.32. The minimum Gasteiger partial charge on any atom is -0.459 e. The van der Waals surface area contributed by atoms with Crippen LogP contribution in [0.25, 0.3) is 0 Å². The van der Waals surface area contributed by atoms with Crippen molar-refractivity contribution in [1.29, 1.82) is 0 Å². The van der Waals surface area contributed by atoms with Crippen molar-refractivity contribution in [3.63, 3.8) is 0 Å². The van der Waals surface area contributed by atoms with Crippen molar-refractivity contribution in [3.05, 3.63) is 54.0 Å². The summed E-state index contributed by atoms with van der Waals surface area (Å²) in [5.41, 5.74) is 2.02. The van der Waals surface area contributed by atoms with Crippen molar-refractivity contribution in [3.8, 4) is 0 Å². The highest BCUT2D eigenvalue weighted by Crippen LogP contribution is 2.32. The molecule has 3 heterocycles. The molecule has 1 aromatic carbocycles. The Morgan fingerprint density at radius 3 is 2.53 bits per heavy atom. The summed E-state index contributed by atoms with van der Waals surface area (Å²) in [4.78, 5) is 41.4. The van der Waals surface area contributed by atoms with E-state index in [1.165, 1.54) is 6.26 Å². The van der Waals surface area contributed by atoms with E-state index in [0.29, 0.717) is 31.7 Å². The summed E-state index contributed by atoms with van der Waals surface area (Å²) >= 11 is 0. The van der Waals surface area contributed by atoms with Gasteiger partial charge in [-0.05, 0) is 56.9 Å². The Hall–Kier alpha value is -3.09. The van der Waals surface area contributed by atoms with Crippen LogP contribution in [0, 0.1) is 5.92 Å². The molecule has 2 aromatic rings. The van der Waals surface area contributed by atoms with Crippen LogP contribution >= 0.6 is 0 Å². The molecule has 4 rings (SSSR count). The number of benzene rings is 1. The molecule has 1 aromatic heterocycles. The molecule has 2 atom stereocenters. The van der Waals surface area contributed by atoms with Crippen LogP contribution in [0.4, 0.5) is 5.69 Å². The summed E-state index contributed by atoms with van der Waals surface area (Å²) in [5, 5.41) is 0. The molecule has 2 aliphatic rings. The number of fused-ring (bicyclic) bond motifs is 1. The Morgan fingerprint density at radius 1 is 1.10 bits per heavy atom. The van der Waals surface area contributed by atoms with E-state index in [2.05, 4.69) is 0 Å². The third-order valence-corrected chi connectivity index (χ3v) is 5.93. The Kier molecular flexibility index (Phi) is 5.61. The lowest BCUT2D eigenvalue weighted by Gasteiger charge is -2.31. The summed E-state index contributed by atoms with van der Waals surface area (Å²) in [6.07, 6.45) is 2.43. The summed E-state index contributed by atoms with van der Waals surface area (Å²) in [7, 11) is 0. The SMILES string of the molecule is CC(OC(=O)C1CCN(C(=O)c2ccco2)CC1)C(=O)N1c2ccccc2CC1C.